The Morgan fingerprint density at radius 1 is 1.06 bits per heavy atom. The number of aliphatic carboxylic acids is 1. The summed E-state index contributed by atoms with van der Waals surface area (Å²) in [5, 5.41) is 11.0. The summed E-state index contributed by atoms with van der Waals surface area (Å²) in [7, 11) is 1.23. The SMILES string of the molecule is CCC(C(=O)O)N(C)C(=O)CC[C@H](NC(=O)OCC1c2ccccc2-c2ccccc21)C(F)(F)F. The summed E-state index contributed by atoms with van der Waals surface area (Å²) in [4.78, 5) is 36.7. The molecule has 3 rings (SSSR count). The van der Waals surface area contributed by atoms with Gasteiger partial charge in [-0.3, -0.25) is 4.79 Å². The van der Waals surface area contributed by atoms with E-state index in [2.05, 4.69) is 0 Å². The largest absolute Gasteiger partial charge is 0.480 e. The minimum atomic E-state index is -4.82. The lowest BCUT2D eigenvalue weighted by atomic mass is 9.98. The average molecular weight is 492 g/mol. The van der Waals surface area contributed by atoms with E-state index < -0.39 is 49.1 Å². The number of halogens is 3. The second-order valence-corrected chi connectivity index (χ2v) is 8.37. The second-order valence-electron chi connectivity index (χ2n) is 8.37. The molecule has 10 heteroatoms. The van der Waals surface area contributed by atoms with E-state index in [0.29, 0.717) is 0 Å². The van der Waals surface area contributed by atoms with Crippen molar-refractivity contribution in [1.29, 1.82) is 0 Å². The van der Waals surface area contributed by atoms with Gasteiger partial charge in [0.25, 0.3) is 0 Å². The van der Waals surface area contributed by atoms with Gasteiger partial charge >= 0.3 is 18.2 Å². The van der Waals surface area contributed by atoms with Crippen molar-refractivity contribution in [3.8, 4) is 11.1 Å². The molecule has 0 fully saturated rings. The Hall–Kier alpha value is -3.56. The molecule has 0 saturated carbocycles. The van der Waals surface area contributed by atoms with Crippen LogP contribution in [-0.2, 0) is 14.3 Å². The molecule has 0 aliphatic heterocycles. The van der Waals surface area contributed by atoms with Crippen molar-refractivity contribution < 1.29 is 37.4 Å². The number of nitrogens with zero attached hydrogens (tertiary/aromatic N) is 1. The number of hydrogen-bond acceptors (Lipinski definition) is 4. The highest BCUT2D eigenvalue weighted by Gasteiger charge is 2.41. The highest BCUT2D eigenvalue weighted by Crippen LogP contribution is 2.44. The fourth-order valence-corrected chi connectivity index (χ4v) is 4.33. The Labute approximate surface area is 200 Å². The fourth-order valence-electron chi connectivity index (χ4n) is 4.33. The quantitative estimate of drug-likeness (QED) is 0.535. The molecule has 2 aromatic carbocycles. The summed E-state index contributed by atoms with van der Waals surface area (Å²) in [6, 6.07) is 11.7. The van der Waals surface area contributed by atoms with Crippen LogP contribution in [0.25, 0.3) is 11.1 Å². The van der Waals surface area contributed by atoms with Crippen LogP contribution in [0.1, 0.15) is 43.2 Å². The van der Waals surface area contributed by atoms with Gasteiger partial charge in [-0.05, 0) is 35.1 Å². The Kier molecular flexibility index (Phi) is 8.03. The van der Waals surface area contributed by atoms with Gasteiger partial charge < -0.3 is 20.1 Å². The van der Waals surface area contributed by atoms with E-state index in [9.17, 15) is 27.6 Å². The topological polar surface area (TPSA) is 95.9 Å². The number of carbonyl (C=O) groups excluding carboxylic acids is 2. The number of amides is 2. The van der Waals surface area contributed by atoms with Crippen LogP contribution in [0.2, 0.25) is 0 Å². The molecule has 7 nitrogen and oxygen atoms in total. The maximum atomic E-state index is 13.5. The standard InChI is InChI=1S/C25H27F3N2O5/c1-3-20(23(32)33)30(2)22(31)13-12-21(25(26,27)28)29-24(34)35-14-19-17-10-6-4-8-15(17)16-9-5-7-11-18(16)19/h4-11,19-21H,3,12-14H2,1-2H3,(H,29,34)(H,32,33)/t20?,21-/m0/s1. The first-order valence-corrected chi connectivity index (χ1v) is 11.2. The monoisotopic (exact) mass is 492 g/mol. The lowest BCUT2D eigenvalue weighted by Gasteiger charge is -2.26. The second kappa shape index (κ2) is 10.8. The predicted molar refractivity (Wildman–Crippen MR) is 122 cm³/mol. The summed E-state index contributed by atoms with van der Waals surface area (Å²) in [6.45, 7) is 1.41. The normalized spacial score (nSPS) is 14.4. The Balaban J connectivity index is 1.62. The van der Waals surface area contributed by atoms with Crippen LogP contribution in [0.15, 0.2) is 48.5 Å². The number of nitrogens with one attached hydrogen (secondary N) is 1. The number of carboxylic acids is 1. The number of fused-ring (bicyclic) bond motifs is 3. The zero-order valence-corrected chi connectivity index (χ0v) is 19.3. The molecule has 2 aromatic rings. The maximum absolute atomic E-state index is 13.5. The van der Waals surface area contributed by atoms with Crippen molar-refractivity contribution in [3.05, 3.63) is 59.7 Å². The molecule has 0 heterocycles. The van der Waals surface area contributed by atoms with Gasteiger partial charge in [0.1, 0.15) is 18.7 Å². The number of rotatable bonds is 9. The van der Waals surface area contributed by atoms with Crippen molar-refractivity contribution in [2.75, 3.05) is 13.7 Å². The molecule has 1 aliphatic carbocycles. The third-order valence-corrected chi connectivity index (χ3v) is 6.21. The number of alkyl carbamates (subject to hydrolysis) is 1. The Morgan fingerprint density at radius 2 is 1.60 bits per heavy atom. The van der Waals surface area contributed by atoms with Gasteiger partial charge in [-0.15, -0.1) is 0 Å². The lowest BCUT2D eigenvalue weighted by molar-refractivity contribution is -0.158. The number of hydrogen-bond donors (Lipinski definition) is 2. The van der Waals surface area contributed by atoms with Gasteiger partial charge in [0, 0.05) is 19.4 Å². The van der Waals surface area contributed by atoms with Gasteiger partial charge in [-0.25, -0.2) is 9.59 Å². The number of carboxylic acid groups (broad SMARTS) is 1. The Bertz CT molecular complexity index is 1040. The molecular formula is C25H27F3N2O5. The molecule has 2 N–H and O–H groups in total. The van der Waals surface area contributed by atoms with Crippen LogP contribution in [-0.4, -0.2) is 59.9 Å². The lowest BCUT2D eigenvalue weighted by Crippen LogP contribution is -2.47. The summed E-state index contributed by atoms with van der Waals surface area (Å²) in [5.41, 5.74) is 3.82. The van der Waals surface area contributed by atoms with E-state index in [4.69, 9.17) is 9.84 Å². The van der Waals surface area contributed by atoms with Crippen LogP contribution in [0.3, 0.4) is 0 Å². The number of carbonyl (C=O) groups is 3. The van der Waals surface area contributed by atoms with Gasteiger partial charge in [0.15, 0.2) is 0 Å². The number of alkyl halides is 3. The molecule has 0 spiro atoms. The van der Waals surface area contributed by atoms with Gasteiger partial charge in [-0.2, -0.15) is 13.2 Å². The van der Waals surface area contributed by atoms with Crippen LogP contribution < -0.4 is 5.32 Å². The molecule has 2 amide bonds. The molecule has 2 atom stereocenters. The van der Waals surface area contributed by atoms with E-state index in [0.717, 1.165) is 27.2 Å². The third kappa shape index (κ3) is 5.93. The van der Waals surface area contributed by atoms with Crippen molar-refractivity contribution in [2.45, 2.75) is 50.4 Å². The summed E-state index contributed by atoms with van der Waals surface area (Å²) < 4.78 is 45.8. The highest BCUT2D eigenvalue weighted by atomic mass is 19.4. The zero-order valence-electron chi connectivity index (χ0n) is 19.3. The maximum Gasteiger partial charge on any atom is 0.408 e. The average Bonchev–Trinajstić information content (AvgIpc) is 3.13. The third-order valence-electron chi connectivity index (χ3n) is 6.21. The Morgan fingerprint density at radius 3 is 2.09 bits per heavy atom. The van der Waals surface area contributed by atoms with E-state index >= 15 is 0 Å². The molecule has 0 saturated heterocycles. The number of ether oxygens (including phenoxy) is 1. The summed E-state index contributed by atoms with van der Waals surface area (Å²) >= 11 is 0. The van der Waals surface area contributed by atoms with Crippen molar-refractivity contribution >= 4 is 18.0 Å². The first kappa shape index (κ1) is 26.1. The first-order chi connectivity index (χ1) is 16.5. The van der Waals surface area contributed by atoms with Crippen LogP contribution in [0.4, 0.5) is 18.0 Å². The minimum absolute atomic E-state index is 0.109. The molecular weight excluding hydrogens is 465 g/mol. The van der Waals surface area contributed by atoms with Gasteiger partial charge in [0.05, 0.1) is 0 Å². The number of likely N-dealkylation sites (N-methyl/N-ethyl adjacent to an activating group) is 1. The predicted octanol–water partition coefficient (Wildman–Crippen LogP) is 4.56. The molecule has 1 unspecified atom stereocenters. The number of benzene rings is 2. The van der Waals surface area contributed by atoms with Crippen LogP contribution >= 0.6 is 0 Å². The van der Waals surface area contributed by atoms with Crippen molar-refractivity contribution in [2.24, 2.45) is 0 Å². The molecule has 0 radical (unpaired) electrons. The van der Waals surface area contributed by atoms with E-state index in [1.54, 1.807) is 6.92 Å². The molecule has 0 aromatic heterocycles. The zero-order chi connectivity index (χ0) is 25.8. The van der Waals surface area contributed by atoms with Crippen molar-refractivity contribution in [3.63, 3.8) is 0 Å². The molecule has 35 heavy (non-hydrogen) atoms. The van der Waals surface area contributed by atoms with E-state index in [1.807, 2.05) is 53.8 Å². The summed E-state index contributed by atoms with van der Waals surface area (Å²) in [5.74, 6) is -2.31. The highest BCUT2D eigenvalue weighted by molar-refractivity contribution is 5.83. The van der Waals surface area contributed by atoms with E-state index in [1.165, 1.54) is 7.05 Å². The van der Waals surface area contributed by atoms with Crippen molar-refractivity contribution in [1.82, 2.24) is 10.2 Å². The first-order valence-electron chi connectivity index (χ1n) is 11.2. The minimum Gasteiger partial charge on any atom is -0.480 e. The van der Waals surface area contributed by atoms with Gasteiger partial charge in [0.2, 0.25) is 5.91 Å². The molecule has 1 aliphatic rings. The molecule has 0 bridgehead atoms. The van der Waals surface area contributed by atoms with Gasteiger partial charge in [-0.1, -0.05) is 55.5 Å². The summed E-state index contributed by atoms with van der Waals surface area (Å²) in [6.07, 6.45) is -7.28. The van der Waals surface area contributed by atoms with E-state index in [-0.39, 0.29) is 18.9 Å². The molecule has 188 valence electrons. The fraction of sp³-hybridized carbons (Fsp3) is 0.400. The van der Waals surface area contributed by atoms with Crippen LogP contribution in [0.5, 0.6) is 0 Å². The smallest absolute Gasteiger partial charge is 0.408 e. The van der Waals surface area contributed by atoms with Crippen LogP contribution in [0, 0.1) is 0 Å².